The number of hydrogen-bond acceptors (Lipinski definition) is 5. The van der Waals surface area contributed by atoms with Crippen LogP contribution in [0.5, 0.6) is 0 Å². The van der Waals surface area contributed by atoms with Crippen LogP contribution >= 0.6 is 0 Å². The molecule has 7 nitrogen and oxygen atoms in total. The third-order valence-electron chi connectivity index (χ3n) is 3.80. The Bertz CT molecular complexity index is 1020. The van der Waals surface area contributed by atoms with Crippen molar-refractivity contribution in [2.24, 2.45) is 0 Å². The molecule has 0 atom stereocenters. The molecule has 0 spiro atoms. The van der Waals surface area contributed by atoms with E-state index < -0.39 is 20.0 Å². The average molecular weight is 372 g/mol. The van der Waals surface area contributed by atoms with E-state index in [1.807, 2.05) is 0 Å². The molecule has 132 valence electrons. The molecule has 2 rings (SSSR count). The first-order valence-electron chi connectivity index (χ1n) is 7.43. The fourth-order valence-corrected chi connectivity index (χ4v) is 4.49. The molecule has 2 aromatic rings. The summed E-state index contributed by atoms with van der Waals surface area (Å²) in [6.07, 6.45) is 0. The van der Waals surface area contributed by atoms with Gasteiger partial charge in [0.15, 0.2) is 5.78 Å². The molecule has 0 aliphatic rings. The summed E-state index contributed by atoms with van der Waals surface area (Å²) in [6, 6.07) is 4.49. The molecule has 1 aromatic heterocycles. The Morgan fingerprint density at radius 3 is 2.25 bits per heavy atom. The second-order valence-electron chi connectivity index (χ2n) is 5.42. The van der Waals surface area contributed by atoms with Gasteiger partial charge in [0.05, 0.1) is 17.0 Å². The fraction of sp³-hybridized carbons (Fsp3) is 0.400. The minimum Gasteiger partial charge on any atom is -0.294 e. The maximum Gasteiger partial charge on any atom is 0.238 e. The first-order valence-corrected chi connectivity index (χ1v) is 10.7. The molecule has 0 radical (unpaired) electrons. The van der Waals surface area contributed by atoms with Crippen molar-refractivity contribution in [1.29, 1.82) is 0 Å². The van der Waals surface area contributed by atoms with Crippen molar-refractivity contribution in [2.45, 2.75) is 27.7 Å². The van der Waals surface area contributed by atoms with Crippen LogP contribution in [0.15, 0.2) is 18.2 Å². The van der Waals surface area contributed by atoms with Crippen LogP contribution in [-0.2, 0) is 20.0 Å². The highest BCUT2D eigenvalue weighted by Gasteiger charge is 2.24. The van der Waals surface area contributed by atoms with E-state index in [0.717, 1.165) is 3.97 Å². The van der Waals surface area contributed by atoms with Gasteiger partial charge in [-0.2, -0.15) is 0 Å². The second-order valence-corrected chi connectivity index (χ2v) is 9.54. The highest BCUT2D eigenvalue weighted by atomic mass is 32.2. The number of nitrogens with zero attached hydrogens (tertiary/aromatic N) is 1. The van der Waals surface area contributed by atoms with Crippen LogP contribution < -0.4 is 4.72 Å². The highest BCUT2D eigenvalue weighted by Crippen LogP contribution is 2.30. The smallest absolute Gasteiger partial charge is 0.238 e. The molecule has 0 amide bonds. The standard InChI is InChI=1S/C15H20N2O5S2/c1-5-23(19,20)16-12-7-8-14-13(9-12)15(11(4)18)10(3)17(14)24(21,22)6-2/h7-9,16H,5-6H2,1-4H3. The van der Waals surface area contributed by atoms with Crippen LogP contribution in [0, 0.1) is 6.92 Å². The van der Waals surface area contributed by atoms with Gasteiger partial charge >= 0.3 is 0 Å². The number of carbonyl (C=O) groups excluding carboxylic acids is 1. The zero-order valence-corrected chi connectivity index (χ0v) is 15.6. The molecule has 1 N–H and O–H groups in total. The van der Waals surface area contributed by atoms with Crippen molar-refractivity contribution in [3.8, 4) is 0 Å². The lowest BCUT2D eigenvalue weighted by Gasteiger charge is -2.09. The van der Waals surface area contributed by atoms with Gasteiger partial charge in [-0.15, -0.1) is 0 Å². The number of ketones is 1. The van der Waals surface area contributed by atoms with Crippen LogP contribution in [0.4, 0.5) is 5.69 Å². The van der Waals surface area contributed by atoms with Gasteiger partial charge in [-0.1, -0.05) is 0 Å². The summed E-state index contributed by atoms with van der Waals surface area (Å²) in [7, 11) is -7.07. The number of rotatable bonds is 6. The molecule has 0 aliphatic carbocycles. The van der Waals surface area contributed by atoms with E-state index in [9.17, 15) is 21.6 Å². The van der Waals surface area contributed by atoms with Gasteiger partial charge < -0.3 is 0 Å². The summed E-state index contributed by atoms with van der Waals surface area (Å²) >= 11 is 0. The minimum atomic E-state index is -3.59. The third-order valence-corrected chi connectivity index (χ3v) is 6.86. The van der Waals surface area contributed by atoms with Crippen molar-refractivity contribution in [3.63, 3.8) is 0 Å². The van der Waals surface area contributed by atoms with Gasteiger partial charge in [0.1, 0.15) is 0 Å². The summed E-state index contributed by atoms with van der Waals surface area (Å²) in [5.74, 6) is -0.480. The Labute approximate surface area is 141 Å². The lowest BCUT2D eigenvalue weighted by Crippen LogP contribution is -2.16. The SMILES string of the molecule is CCS(=O)(=O)Nc1ccc2c(c1)c(C(C)=O)c(C)n2S(=O)(=O)CC. The van der Waals surface area contributed by atoms with Crippen LogP contribution in [0.2, 0.25) is 0 Å². The molecule has 0 unspecified atom stereocenters. The summed E-state index contributed by atoms with van der Waals surface area (Å²) in [6.45, 7) is 5.96. The molecular formula is C15H20N2O5S2. The average Bonchev–Trinajstić information content (AvgIpc) is 2.78. The normalized spacial score (nSPS) is 12.5. The van der Waals surface area contributed by atoms with Gasteiger partial charge in [-0.05, 0) is 45.9 Å². The zero-order chi connectivity index (χ0) is 18.3. The maximum absolute atomic E-state index is 12.4. The van der Waals surface area contributed by atoms with Gasteiger partial charge in [0.25, 0.3) is 0 Å². The number of sulfonamides is 1. The summed E-state index contributed by atoms with van der Waals surface area (Å²) in [5, 5.41) is 0.410. The molecule has 1 heterocycles. The number of aromatic nitrogens is 1. The molecule has 0 aliphatic heterocycles. The van der Waals surface area contributed by atoms with E-state index >= 15 is 0 Å². The third kappa shape index (κ3) is 3.18. The molecule has 9 heteroatoms. The molecule has 24 heavy (non-hydrogen) atoms. The van der Waals surface area contributed by atoms with Crippen LogP contribution in [-0.4, -0.2) is 38.1 Å². The fourth-order valence-electron chi connectivity index (χ4n) is 2.64. The number of nitrogens with one attached hydrogen (secondary N) is 1. The Morgan fingerprint density at radius 1 is 1.12 bits per heavy atom. The number of hydrogen-bond donors (Lipinski definition) is 1. The summed E-state index contributed by atoms with van der Waals surface area (Å²) < 4.78 is 51.7. The predicted molar refractivity (Wildman–Crippen MR) is 94.6 cm³/mol. The maximum atomic E-state index is 12.4. The van der Waals surface area contributed by atoms with Gasteiger partial charge in [0, 0.05) is 22.3 Å². The Kier molecular flexibility index (Phi) is 4.78. The van der Waals surface area contributed by atoms with Crippen molar-refractivity contribution in [3.05, 3.63) is 29.5 Å². The van der Waals surface area contributed by atoms with Crippen LogP contribution in [0.3, 0.4) is 0 Å². The largest absolute Gasteiger partial charge is 0.294 e. The minimum absolute atomic E-state index is 0.0884. The topological polar surface area (TPSA) is 102 Å². The van der Waals surface area contributed by atoms with E-state index in [2.05, 4.69) is 4.72 Å². The lowest BCUT2D eigenvalue weighted by molar-refractivity contribution is 0.101. The highest BCUT2D eigenvalue weighted by molar-refractivity contribution is 7.92. The van der Waals surface area contributed by atoms with E-state index in [0.29, 0.717) is 16.6 Å². The molecule has 0 fully saturated rings. The van der Waals surface area contributed by atoms with Gasteiger partial charge in [-0.3, -0.25) is 9.52 Å². The molecule has 0 bridgehead atoms. The molecule has 1 aromatic carbocycles. The molecular weight excluding hydrogens is 352 g/mol. The second kappa shape index (κ2) is 6.21. The van der Waals surface area contributed by atoms with Gasteiger partial charge in [-0.25, -0.2) is 20.8 Å². The van der Waals surface area contributed by atoms with Crippen molar-refractivity contribution < 1.29 is 21.6 Å². The lowest BCUT2D eigenvalue weighted by atomic mass is 10.1. The number of Topliss-reactive ketones (excluding diaryl/α,β-unsaturated/α-hetero) is 1. The first-order chi connectivity index (χ1) is 11.0. The quantitative estimate of drug-likeness (QED) is 0.783. The Morgan fingerprint density at radius 2 is 1.75 bits per heavy atom. The molecule has 0 saturated heterocycles. The summed E-state index contributed by atoms with van der Waals surface area (Å²) in [5.41, 5.74) is 1.26. The number of carbonyl (C=O) groups is 1. The van der Waals surface area contributed by atoms with E-state index in [1.54, 1.807) is 6.92 Å². The van der Waals surface area contributed by atoms with Crippen molar-refractivity contribution >= 4 is 42.4 Å². The summed E-state index contributed by atoms with van der Waals surface area (Å²) in [4.78, 5) is 12.0. The zero-order valence-electron chi connectivity index (χ0n) is 14.0. The van der Waals surface area contributed by atoms with E-state index in [-0.39, 0.29) is 28.5 Å². The van der Waals surface area contributed by atoms with Crippen molar-refractivity contribution in [2.75, 3.05) is 16.2 Å². The van der Waals surface area contributed by atoms with Crippen LogP contribution in [0.25, 0.3) is 10.9 Å². The van der Waals surface area contributed by atoms with E-state index in [1.165, 1.54) is 39.0 Å². The van der Waals surface area contributed by atoms with Gasteiger partial charge in [0.2, 0.25) is 20.0 Å². The number of fused-ring (bicyclic) bond motifs is 1. The van der Waals surface area contributed by atoms with Crippen molar-refractivity contribution in [1.82, 2.24) is 3.97 Å². The van der Waals surface area contributed by atoms with Crippen LogP contribution in [0.1, 0.15) is 36.8 Å². The predicted octanol–water partition coefficient (Wildman–Crippen LogP) is 2.11. The molecule has 0 saturated carbocycles. The monoisotopic (exact) mass is 372 g/mol. The number of benzene rings is 1. The Hall–Kier alpha value is -1.87. The Balaban J connectivity index is 2.82. The van der Waals surface area contributed by atoms with E-state index in [4.69, 9.17) is 0 Å². The first kappa shape index (κ1) is 18.5. The number of anilines is 1.